The van der Waals surface area contributed by atoms with Crippen molar-refractivity contribution < 1.29 is 10.0 Å². The molecule has 0 saturated heterocycles. The normalized spacial score (nSPS) is 24.6. The zero-order chi connectivity index (χ0) is 10.1. The summed E-state index contributed by atoms with van der Waals surface area (Å²) in [6.07, 6.45) is 0.862. The Balaban J connectivity index is 2.29. The third kappa shape index (κ3) is 1.48. The van der Waals surface area contributed by atoms with E-state index in [2.05, 4.69) is 0 Å². The Morgan fingerprint density at radius 2 is 2.21 bits per heavy atom. The molecule has 1 N–H and O–H groups in total. The summed E-state index contributed by atoms with van der Waals surface area (Å²) in [7, 11) is 0. The second-order valence-electron chi connectivity index (χ2n) is 3.60. The highest BCUT2D eigenvalue weighted by Crippen LogP contribution is 2.49. The standard InChI is InChI=1S/C10H11NO3/c12-6-7-5-9(7)8-3-1-2-4-10(8)11(13)14/h1-4,7,9,12H,5-6H2/t7-,9+/m1/s1. The molecule has 0 amide bonds. The van der Waals surface area contributed by atoms with Crippen LogP contribution >= 0.6 is 0 Å². The quantitative estimate of drug-likeness (QED) is 0.586. The van der Waals surface area contributed by atoms with Gasteiger partial charge in [-0.05, 0) is 18.3 Å². The number of para-hydroxylation sites is 1. The molecule has 0 radical (unpaired) electrons. The van der Waals surface area contributed by atoms with Gasteiger partial charge < -0.3 is 5.11 Å². The fourth-order valence-electron chi connectivity index (χ4n) is 1.80. The maximum atomic E-state index is 10.7. The zero-order valence-corrected chi connectivity index (χ0v) is 7.59. The van der Waals surface area contributed by atoms with E-state index < -0.39 is 0 Å². The van der Waals surface area contributed by atoms with E-state index in [0.29, 0.717) is 0 Å². The second-order valence-corrected chi connectivity index (χ2v) is 3.60. The number of hydrogen-bond donors (Lipinski definition) is 1. The number of nitrogens with zero attached hydrogens (tertiary/aromatic N) is 1. The number of hydrogen-bond acceptors (Lipinski definition) is 3. The van der Waals surface area contributed by atoms with Crippen LogP contribution in [0.1, 0.15) is 17.9 Å². The van der Waals surface area contributed by atoms with Crippen molar-refractivity contribution >= 4 is 5.69 Å². The van der Waals surface area contributed by atoms with Crippen LogP contribution in [-0.4, -0.2) is 16.6 Å². The highest BCUT2D eigenvalue weighted by molar-refractivity contribution is 5.44. The van der Waals surface area contributed by atoms with Gasteiger partial charge >= 0.3 is 0 Å². The molecule has 0 unspecified atom stereocenters. The smallest absolute Gasteiger partial charge is 0.272 e. The summed E-state index contributed by atoms with van der Waals surface area (Å²) >= 11 is 0. The van der Waals surface area contributed by atoms with Crippen LogP contribution in [0.4, 0.5) is 5.69 Å². The summed E-state index contributed by atoms with van der Waals surface area (Å²) in [5.41, 5.74) is 0.935. The molecule has 4 nitrogen and oxygen atoms in total. The van der Waals surface area contributed by atoms with Crippen molar-refractivity contribution in [2.75, 3.05) is 6.61 Å². The average molecular weight is 193 g/mol. The molecule has 2 atom stereocenters. The van der Waals surface area contributed by atoms with Crippen molar-refractivity contribution in [3.8, 4) is 0 Å². The maximum absolute atomic E-state index is 10.7. The first-order chi connectivity index (χ1) is 6.74. The zero-order valence-electron chi connectivity index (χ0n) is 7.59. The van der Waals surface area contributed by atoms with Gasteiger partial charge in [0.2, 0.25) is 0 Å². The average Bonchev–Trinajstić information content (AvgIpc) is 2.96. The largest absolute Gasteiger partial charge is 0.396 e. The Hall–Kier alpha value is -1.42. The van der Waals surface area contributed by atoms with Gasteiger partial charge in [-0.1, -0.05) is 18.2 Å². The molecule has 1 aliphatic carbocycles. The van der Waals surface area contributed by atoms with Crippen LogP contribution in [0.5, 0.6) is 0 Å². The van der Waals surface area contributed by atoms with Crippen LogP contribution in [0.25, 0.3) is 0 Å². The molecule has 1 fully saturated rings. The molecule has 0 heterocycles. The van der Waals surface area contributed by atoms with E-state index in [9.17, 15) is 10.1 Å². The molecular weight excluding hydrogens is 182 g/mol. The molecule has 1 aromatic carbocycles. The molecule has 1 aromatic rings. The highest BCUT2D eigenvalue weighted by atomic mass is 16.6. The first kappa shape index (κ1) is 9.15. The van der Waals surface area contributed by atoms with Gasteiger partial charge in [-0.3, -0.25) is 10.1 Å². The lowest BCUT2D eigenvalue weighted by molar-refractivity contribution is -0.385. The van der Waals surface area contributed by atoms with Gasteiger partial charge in [0.15, 0.2) is 0 Å². The number of aliphatic hydroxyl groups excluding tert-OH is 1. The molecule has 74 valence electrons. The van der Waals surface area contributed by atoms with Crippen LogP contribution in [0.2, 0.25) is 0 Å². The Morgan fingerprint density at radius 3 is 2.79 bits per heavy atom. The first-order valence-corrected chi connectivity index (χ1v) is 4.58. The lowest BCUT2D eigenvalue weighted by Crippen LogP contribution is -1.95. The van der Waals surface area contributed by atoms with E-state index in [4.69, 9.17) is 5.11 Å². The Bertz CT molecular complexity index is 364. The summed E-state index contributed by atoms with van der Waals surface area (Å²) < 4.78 is 0. The monoisotopic (exact) mass is 193 g/mol. The van der Waals surface area contributed by atoms with E-state index in [1.165, 1.54) is 6.07 Å². The van der Waals surface area contributed by atoms with Crippen LogP contribution in [0.15, 0.2) is 24.3 Å². The number of rotatable bonds is 3. The molecule has 14 heavy (non-hydrogen) atoms. The molecule has 1 saturated carbocycles. The van der Waals surface area contributed by atoms with Gasteiger partial charge in [-0.15, -0.1) is 0 Å². The summed E-state index contributed by atoms with van der Waals surface area (Å²) in [5, 5.41) is 19.6. The van der Waals surface area contributed by atoms with E-state index in [1.807, 2.05) is 0 Å². The van der Waals surface area contributed by atoms with Crippen LogP contribution in [0.3, 0.4) is 0 Å². The van der Waals surface area contributed by atoms with Gasteiger partial charge in [0.25, 0.3) is 5.69 Å². The SMILES string of the molecule is O=[N+]([O-])c1ccccc1[C@H]1C[C@@H]1CO. The number of benzene rings is 1. The fraction of sp³-hybridized carbons (Fsp3) is 0.400. The molecular formula is C10H11NO3. The summed E-state index contributed by atoms with van der Waals surface area (Å²) in [5.74, 6) is 0.401. The molecule has 1 aliphatic rings. The van der Waals surface area contributed by atoms with E-state index in [1.54, 1.807) is 18.2 Å². The minimum Gasteiger partial charge on any atom is -0.396 e. The van der Waals surface area contributed by atoms with E-state index >= 15 is 0 Å². The predicted molar refractivity (Wildman–Crippen MR) is 51.0 cm³/mol. The number of nitro groups is 1. The number of aliphatic hydroxyl groups is 1. The second kappa shape index (κ2) is 3.38. The van der Waals surface area contributed by atoms with Gasteiger partial charge in [0.05, 0.1) is 4.92 Å². The molecule has 0 aliphatic heterocycles. The number of nitro benzene ring substituents is 1. The van der Waals surface area contributed by atoms with Crippen LogP contribution < -0.4 is 0 Å². The first-order valence-electron chi connectivity index (χ1n) is 4.58. The molecule has 0 spiro atoms. The summed E-state index contributed by atoms with van der Waals surface area (Å²) in [6, 6.07) is 6.76. The predicted octanol–water partition coefficient (Wildman–Crippen LogP) is 1.69. The third-order valence-corrected chi connectivity index (χ3v) is 2.69. The van der Waals surface area contributed by atoms with Crippen LogP contribution in [0, 0.1) is 16.0 Å². The van der Waals surface area contributed by atoms with Crippen molar-refractivity contribution in [3.05, 3.63) is 39.9 Å². The Labute approximate surface area is 81.3 Å². The highest BCUT2D eigenvalue weighted by Gasteiger charge is 2.40. The topological polar surface area (TPSA) is 63.4 Å². The lowest BCUT2D eigenvalue weighted by Gasteiger charge is -2.00. The molecule has 0 bridgehead atoms. The van der Waals surface area contributed by atoms with Crippen molar-refractivity contribution in [1.82, 2.24) is 0 Å². The lowest BCUT2D eigenvalue weighted by atomic mass is 10.1. The van der Waals surface area contributed by atoms with Gasteiger partial charge in [-0.25, -0.2) is 0 Å². The fourth-order valence-corrected chi connectivity index (χ4v) is 1.80. The van der Waals surface area contributed by atoms with Crippen molar-refractivity contribution in [1.29, 1.82) is 0 Å². The van der Waals surface area contributed by atoms with Crippen molar-refractivity contribution in [3.63, 3.8) is 0 Å². The minimum atomic E-state index is -0.359. The van der Waals surface area contributed by atoms with Gasteiger partial charge in [-0.2, -0.15) is 0 Å². The van der Waals surface area contributed by atoms with Gasteiger partial charge in [0.1, 0.15) is 0 Å². The molecule has 2 rings (SSSR count). The molecule has 4 heteroatoms. The maximum Gasteiger partial charge on any atom is 0.272 e. The summed E-state index contributed by atoms with van der Waals surface area (Å²) in [4.78, 5) is 10.3. The van der Waals surface area contributed by atoms with E-state index in [-0.39, 0.29) is 29.1 Å². The molecule has 0 aromatic heterocycles. The van der Waals surface area contributed by atoms with Crippen molar-refractivity contribution in [2.45, 2.75) is 12.3 Å². The summed E-state index contributed by atoms with van der Waals surface area (Å²) in [6.45, 7) is 0.122. The Kier molecular flexibility index (Phi) is 2.21. The van der Waals surface area contributed by atoms with E-state index in [0.717, 1.165) is 12.0 Å². The van der Waals surface area contributed by atoms with Crippen molar-refractivity contribution in [2.24, 2.45) is 5.92 Å². The third-order valence-electron chi connectivity index (χ3n) is 2.69. The Morgan fingerprint density at radius 1 is 1.50 bits per heavy atom. The van der Waals surface area contributed by atoms with Gasteiger partial charge in [0, 0.05) is 18.2 Å². The van der Waals surface area contributed by atoms with Crippen LogP contribution in [-0.2, 0) is 0 Å². The minimum absolute atomic E-state index is 0.122.